The molecule has 0 atom stereocenters. The highest BCUT2D eigenvalue weighted by atomic mass is 16.4. The number of anilines is 1. The molecule has 7 heteroatoms. The van der Waals surface area contributed by atoms with Crippen molar-refractivity contribution in [2.24, 2.45) is 0 Å². The number of carboxylic acids is 2. The van der Waals surface area contributed by atoms with Crippen LogP contribution in [0.15, 0.2) is 78.9 Å². The van der Waals surface area contributed by atoms with Crippen molar-refractivity contribution in [3.63, 3.8) is 0 Å². The molecule has 0 aromatic heterocycles. The number of carboxylic acid groups (broad SMARTS) is 2. The van der Waals surface area contributed by atoms with Crippen LogP contribution in [0.5, 0.6) is 0 Å². The Bertz CT molecular complexity index is 1620. The second-order valence-corrected chi connectivity index (χ2v) is 7.86. The minimum absolute atomic E-state index is 0.109. The lowest BCUT2D eigenvalue weighted by Crippen LogP contribution is -2.29. The monoisotopic (exact) mass is 461 g/mol. The number of carbonyl (C=O) groups excluding carboxylic acids is 2. The summed E-state index contributed by atoms with van der Waals surface area (Å²) in [5.74, 6) is 2.04. The van der Waals surface area contributed by atoms with Gasteiger partial charge in [0, 0.05) is 11.1 Å². The number of fused-ring (bicyclic) bond motifs is 2. The first-order valence-corrected chi connectivity index (χ1v) is 10.5. The smallest absolute Gasteiger partial charge is 0.335 e. The van der Waals surface area contributed by atoms with Crippen LogP contribution < -0.4 is 4.90 Å². The number of rotatable bonds is 3. The first-order valence-electron chi connectivity index (χ1n) is 10.5. The van der Waals surface area contributed by atoms with Gasteiger partial charge in [-0.3, -0.25) is 9.59 Å². The van der Waals surface area contributed by atoms with Crippen LogP contribution in [0.2, 0.25) is 0 Å². The van der Waals surface area contributed by atoms with Crippen LogP contribution in [0.25, 0.3) is 10.8 Å². The van der Waals surface area contributed by atoms with Crippen LogP contribution in [0, 0.1) is 11.8 Å². The van der Waals surface area contributed by atoms with Crippen LogP contribution in [-0.2, 0) is 0 Å². The largest absolute Gasteiger partial charge is 0.478 e. The predicted molar refractivity (Wildman–Crippen MR) is 128 cm³/mol. The van der Waals surface area contributed by atoms with Gasteiger partial charge in [-0.25, -0.2) is 14.5 Å². The zero-order chi connectivity index (χ0) is 24.7. The van der Waals surface area contributed by atoms with Gasteiger partial charge in [-0.05, 0) is 53.2 Å². The van der Waals surface area contributed by atoms with E-state index in [9.17, 15) is 29.4 Å². The minimum atomic E-state index is -1.38. The summed E-state index contributed by atoms with van der Waals surface area (Å²) in [6, 6.07) is 21.4. The molecule has 4 aromatic carbocycles. The topological polar surface area (TPSA) is 112 Å². The molecule has 0 aliphatic carbocycles. The number of nitrogens with zero attached hydrogens (tertiary/aromatic N) is 1. The molecular formula is C28H15NO6. The lowest BCUT2D eigenvalue weighted by atomic mass is 10.0. The molecule has 7 nitrogen and oxygen atoms in total. The molecule has 1 heterocycles. The first kappa shape index (κ1) is 21.6. The number of hydrogen-bond acceptors (Lipinski definition) is 4. The zero-order valence-corrected chi connectivity index (χ0v) is 18.0. The van der Waals surface area contributed by atoms with E-state index >= 15 is 0 Å². The molecule has 2 amide bonds. The van der Waals surface area contributed by atoms with Gasteiger partial charge in [0.05, 0.1) is 27.9 Å². The van der Waals surface area contributed by atoms with E-state index in [2.05, 4.69) is 11.8 Å². The first-order chi connectivity index (χ1) is 16.8. The van der Waals surface area contributed by atoms with Gasteiger partial charge in [0.25, 0.3) is 11.8 Å². The van der Waals surface area contributed by atoms with Crippen molar-refractivity contribution in [1.29, 1.82) is 0 Å². The molecule has 1 aliphatic heterocycles. The number of carbonyl (C=O) groups is 4. The molecule has 168 valence electrons. The molecular weight excluding hydrogens is 446 g/mol. The normalized spacial score (nSPS) is 12.3. The standard InChI is InChI=1S/C28H15NO6/c30-25-23-11-9-16(8-10-18-6-3-5-17-4-1-2-7-22(17)18)12-24(23)26(31)29(25)21-14-19(27(32)33)13-20(15-21)28(34)35/h1-7,9,11-15H,(H,32,33)(H,34,35). The van der Waals surface area contributed by atoms with Gasteiger partial charge < -0.3 is 10.2 Å². The maximum Gasteiger partial charge on any atom is 0.335 e. The predicted octanol–water partition coefficient (Wildman–Crippen LogP) is 4.44. The summed E-state index contributed by atoms with van der Waals surface area (Å²) in [5, 5.41) is 20.7. The fourth-order valence-electron chi connectivity index (χ4n) is 4.01. The third kappa shape index (κ3) is 3.79. The van der Waals surface area contributed by atoms with Crippen molar-refractivity contribution in [2.45, 2.75) is 0 Å². The Labute approximate surface area is 198 Å². The third-order valence-corrected chi connectivity index (χ3v) is 5.69. The lowest BCUT2D eigenvalue weighted by Gasteiger charge is -2.15. The summed E-state index contributed by atoms with van der Waals surface area (Å²) in [4.78, 5) is 49.8. The van der Waals surface area contributed by atoms with Gasteiger partial charge in [0.2, 0.25) is 0 Å². The molecule has 1 aliphatic rings. The molecule has 0 saturated carbocycles. The van der Waals surface area contributed by atoms with Crippen molar-refractivity contribution in [2.75, 3.05) is 4.90 Å². The van der Waals surface area contributed by atoms with Crippen molar-refractivity contribution in [1.82, 2.24) is 0 Å². The summed E-state index contributed by atoms with van der Waals surface area (Å²) in [5.41, 5.74) is 0.748. The maximum atomic E-state index is 13.1. The minimum Gasteiger partial charge on any atom is -0.478 e. The molecule has 5 rings (SSSR count). The van der Waals surface area contributed by atoms with Crippen molar-refractivity contribution in [3.05, 3.63) is 112 Å². The highest BCUT2D eigenvalue weighted by Crippen LogP contribution is 2.30. The van der Waals surface area contributed by atoms with Crippen molar-refractivity contribution in [3.8, 4) is 11.8 Å². The summed E-state index contributed by atoms with van der Waals surface area (Å²) in [6.07, 6.45) is 0. The summed E-state index contributed by atoms with van der Waals surface area (Å²) >= 11 is 0. The Hall–Kier alpha value is -5.22. The maximum absolute atomic E-state index is 13.1. The third-order valence-electron chi connectivity index (χ3n) is 5.69. The Morgan fingerprint density at radius 1 is 0.686 bits per heavy atom. The molecule has 0 spiro atoms. The van der Waals surface area contributed by atoms with Crippen molar-refractivity contribution < 1.29 is 29.4 Å². The Balaban J connectivity index is 1.53. The second-order valence-electron chi connectivity index (χ2n) is 7.86. The molecule has 0 saturated heterocycles. The molecule has 2 N–H and O–H groups in total. The number of benzene rings is 4. The van der Waals surface area contributed by atoms with Crippen molar-refractivity contribution >= 4 is 40.2 Å². The van der Waals surface area contributed by atoms with Crippen LogP contribution >= 0.6 is 0 Å². The summed E-state index contributed by atoms with van der Waals surface area (Å²) in [7, 11) is 0. The van der Waals surface area contributed by atoms with E-state index in [1.807, 2.05) is 42.5 Å². The highest BCUT2D eigenvalue weighted by Gasteiger charge is 2.37. The molecule has 0 unspecified atom stereocenters. The number of imide groups is 1. The molecule has 4 aromatic rings. The average molecular weight is 461 g/mol. The van der Waals surface area contributed by atoms with E-state index in [1.165, 1.54) is 12.1 Å². The average Bonchev–Trinajstić information content (AvgIpc) is 3.11. The van der Waals surface area contributed by atoms with Crippen LogP contribution in [0.4, 0.5) is 5.69 Å². The van der Waals surface area contributed by atoms with Gasteiger partial charge in [-0.2, -0.15) is 0 Å². The quantitative estimate of drug-likeness (QED) is 0.345. The Morgan fingerprint density at radius 3 is 2.06 bits per heavy atom. The van der Waals surface area contributed by atoms with E-state index in [0.717, 1.165) is 39.4 Å². The van der Waals surface area contributed by atoms with Crippen LogP contribution in [0.1, 0.15) is 52.6 Å². The molecule has 0 bridgehead atoms. The highest BCUT2D eigenvalue weighted by molar-refractivity contribution is 6.34. The van der Waals surface area contributed by atoms with E-state index in [-0.39, 0.29) is 27.9 Å². The van der Waals surface area contributed by atoms with Gasteiger partial charge in [0.1, 0.15) is 0 Å². The van der Waals surface area contributed by atoms with Crippen LogP contribution in [0.3, 0.4) is 0 Å². The fraction of sp³-hybridized carbons (Fsp3) is 0. The fourth-order valence-corrected chi connectivity index (χ4v) is 4.01. The number of hydrogen-bond donors (Lipinski definition) is 2. The molecule has 0 fully saturated rings. The lowest BCUT2D eigenvalue weighted by molar-refractivity contribution is 0.0695. The van der Waals surface area contributed by atoms with E-state index in [0.29, 0.717) is 5.56 Å². The van der Waals surface area contributed by atoms with Crippen LogP contribution in [-0.4, -0.2) is 34.0 Å². The molecule has 35 heavy (non-hydrogen) atoms. The second kappa shape index (κ2) is 8.28. The Kier molecular flexibility index (Phi) is 5.12. The SMILES string of the molecule is O=C(O)c1cc(C(=O)O)cc(N2C(=O)c3ccc(C#Cc4cccc5ccccc45)cc3C2=O)c1. The Morgan fingerprint density at radius 2 is 1.34 bits per heavy atom. The summed E-state index contributed by atoms with van der Waals surface area (Å²) < 4.78 is 0. The van der Waals surface area contributed by atoms with Gasteiger partial charge >= 0.3 is 11.9 Å². The molecule has 0 radical (unpaired) electrons. The van der Waals surface area contributed by atoms with Gasteiger partial charge in [-0.1, -0.05) is 48.2 Å². The number of aromatic carboxylic acids is 2. The van der Waals surface area contributed by atoms with E-state index in [4.69, 9.17) is 0 Å². The van der Waals surface area contributed by atoms with Gasteiger partial charge in [-0.15, -0.1) is 0 Å². The van der Waals surface area contributed by atoms with E-state index < -0.39 is 23.8 Å². The number of amides is 2. The van der Waals surface area contributed by atoms with Gasteiger partial charge in [0.15, 0.2) is 0 Å². The summed E-state index contributed by atoms with van der Waals surface area (Å²) in [6.45, 7) is 0. The zero-order valence-electron chi connectivity index (χ0n) is 18.0. The van der Waals surface area contributed by atoms with E-state index in [1.54, 1.807) is 6.07 Å².